The molecule has 2 aliphatic heterocycles. The molecule has 29 heavy (non-hydrogen) atoms. The molecule has 8 nitrogen and oxygen atoms in total. The van der Waals surface area contributed by atoms with Gasteiger partial charge in [-0.25, -0.2) is 8.42 Å². The van der Waals surface area contributed by atoms with E-state index in [0.717, 1.165) is 6.26 Å². The Labute approximate surface area is 168 Å². The van der Waals surface area contributed by atoms with Gasteiger partial charge in [0.2, 0.25) is 11.8 Å². The van der Waals surface area contributed by atoms with Crippen molar-refractivity contribution in [2.24, 2.45) is 5.92 Å². The molecule has 2 amide bonds. The van der Waals surface area contributed by atoms with E-state index in [2.05, 4.69) is 5.32 Å². The molecule has 9 heteroatoms. The molecule has 0 aromatic heterocycles. The number of hydrogen-bond donors (Lipinski definition) is 1. The molecule has 0 saturated carbocycles. The summed E-state index contributed by atoms with van der Waals surface area (Å²) in [5.41, 5.74) is 1.14. The summed E-state index contributed by atoms with van der Waals surface area (Å²) in [5.74, 6) is 0.281. The fourth-order valence-electron chi connectivity index (χ4n) is 3.36. The number of anilines is 2. The molecule has 0 radical (unpaired) electrons. The number of ether oxygens (including phenoxy) is 2. The van der Waals surface area contributed by atoms with E-state index >= 15 is 0 Å². The molecule has 152 valence electrons. The van der Waals surface area contributed by atoms with Crippen LogP contribution in [0.5, 0.6) is 11.5 Å². The zero-order valence-electron chi connectivity index (χ0n) is 15.8. The summed E-state index contributed by atoms with van der Waals surface area (Å²) in [7, 11) is -3.30. The maximum atomic E-state index is 12.6. The number of fused-ring (bicyclic) bond motifs is 1. The van der Waals surface area contributed by atoms with Gasteiger partial charge in [-0.3, -0.25) is 9.59 Å². The van der Waals surface area contributed by atoms with Crippen molar-refractivity contribution in [1.29, 1.82) is 0 Å². The van der Waals surface area contributed by atoms with Crippen LogP contribution < -0.4 is 19.7 Å². The molecule has 2 aliphatic rings. The average Bonchev–Trinajstić information content (AvgIpc) is 3.09. The third-order valence-electron chi connectivity index (χ3n) is 4.88. The van der Waals surface area contributed by atoms with Crippen molar-refractivity contribution >= 4 is 33.0 Å². The van der Waals surface area contributed by atoms with Crippen molar-refractivity contribution in [3.05, 3.63) is 42.5 Å². The van der Waals surface area contributed by atoms with E-state index in [4.69, 9.17) is 9.47 Å². The summed E-state index contributed by atoms with van der Waals surface area (Å²) in [6, 6.07) is 11.2. The minimum absolute atomic E-state index is 0.0989. The maximum absolute atomic E-state index is 12.6. The lowest BCUT2D eigenvalue weighted by Gasteiger charge is -2.22. The maximum Gasteiger partial charge on any atom is 0.229 e. The predicted octanol–water partition coefficient (Wildman–Crippen LogP) is 1.85. The SMILES string of the molecule is CS(=O)(=O)c1ccc(NC(=O)[C@@H]2CC(=O)N(c3ccc4c(c3)OCCO4)C2)cc1. The molecule has 2 aromatic rings. The molecule has 1 fully saturated rings. The van der Waals surface area contributed by atoms with Crippen LogP contribution in [0.25, 0.3) is 0 Å². The van der Waals surface area contributed by atoms with Gasteiger partial charge in [0.15, 0.2) is 21.3 Å². The summed E-state index contributed by atoms with van der Waals surface area (Å²) < 4.78 is 34.1. The van der Waals surface area contributed by atoms with Crippen LogP contribution in [0.3, 0.4) is 0 Å². The molecule has 0 aliphatic carbocycles. The average molecular weight is 416 g/mol. The number of rotatable bonds is 4. The summed E-state index contributed by atoms with van der Waals surface area (Å²) in [5, 5.41) is 2.75. The lowest BCUT2D eigenvalue weighted by atomic mass is 10.1. The molecule has 0 unspecified atom stereocenters. The quantitative estimate of drug-likeness (QED) is 0.816. The second-order valence-electron chi connectivity index (χ2n) is 7.02. The van der Waals surface area contributed by atoms with Gasteiger partial charge >= 0.3 is 0 Å². The lowest BCUT2D eigenvalue weighted by molar-refractivity contribution is -0.122. The highest BCUT2D eigenvalue weighted by Gasteiger charge is 2.35. The number of hydrogen-bond acceptors (Lipinski definition) is 6. The number of carbonyl (C=O) groups is 2. The number of amides is 2. The third kappa shape index (κ3) is 4.04. The Kier molecular flexibility index (Phi) is 4.91. The first-order chi connectivity index (χ1) is 13.8. The standard InChI is InChI=1S/C20H20N2O6S/c1-29(25,26)16-5-2-14(3-6-16)21-20(24)13-10-19(23)22(12-13)15-4-7-17-18(11-15)28-9-8-27-17/h2-7,11,13H,8-10,12H2,1H3,(H,21,24)/t13-/m1/s1. The van der Waals surface area contributed by atoms with E-state index in [0.29, 0.717) is 36.1 Å². The van der Waals surface area contributed by atoms with Gasteiger partial charge in [-0.15, -0.1) is 0 Å². The minimum Gasteiger partial charge on any atom is -0.486 e. The first-order valence-electron chi connectivity index (χ1n) is 9.12. The second kappa shape index (κ2) is 7.40. The van der Waals surface area contributed by atoms with Gasteiger partial charge in [-0.2, -0.15) is 0 Å². The molecule has 4 rings (SSSR count). The van der Waals surface area contributed by atoms with Gasteiger partial charge in [0, 0.05) is 36.7 Å². The van der Waals surface area contributed by atoms with Crippen molar-refractivity contribution in [3.8, 4) is 11.5 Å². The van der Waals surface area contributed by atoms with Gasteiger partial charge in [-0.05, 0) is 36.4 Å². The zero-order chi connectivity index (χ0) is 20.6. The van der Waals surface area contributed by atoms with Crippen LogP contribution in [0.1, 0.15) is 6.42 Å². The zero-order valence-corrected chi connectivity index (χ0v) is 16.6. The topological polar surface area (TPSA) is 102 Å². The van der Waals surface area contributed by atoms with Crippen LogP contribution in [-0.2, 0) is 19.4 Å². The molecule has 1 N–H and O–H groups in total. The Hall–Kier alpha value is -3.07. The van der Waals surface area contributed by atoms with Crippen LogP contribution in [0.4, 0.5) is 11.4 Å². The predicted molar refractivity (Wildman–Crippen MR) is 106 cm³/mol. The highest BCUT2D eigenvalue weighted by atomic mass is 32.2. The van der Waals surface area contributed by atoms with Crippen LogP contribution in [-0.4, -0.2) is 46.2 Å². The van der Waals surface area contributed by atoms with Crippen molar-refractivity contribution in [3.63, 3.8) is 0 Å². The number of carbonyl (C=O) groups excluding carboxylic acids is 2. The lowest BCUT2D eigenvalue weighted by Crippen LogP contribution is -2.28. The molecular formula is C20H20N2O6S. The van der Waals surface area contributed by atoms with Gasteiger partial charge in [0.25, 0.3) is 0 Å². The molecule has 0 bridgehead atoms. The van der Waals surface area contributed by atoms with Gasteiger partial charge in [-0.1, -0.05) is 0 Å². The highest BCUT2D eigenvalue weighted by molar-refractivity contribution is 7.90. The summed E-state index contributed by atoms with van der Waals surface area (Å²) in [4.78, 5) is 26.8. The van der Waals surface area contributed by atoms with Gasteiger partial charge in [0.05, 0.1) is 10.8 Å². The van der Waals surface area contributed by atoms with E-state index < -0.39 is 15.8 Å². The van der Waals surface area contributed by atoms with Crippen molar-refractivity contribution in [2.45, 2.75) is 11.3 Å². The molecular weight excluding hydrogens is 396 g/mol. The minimum atomic E-state index is -3.30. The van der Waals surface area contributed by atoms with E-state index in [1.165, 1.54) is 24.3 Å². The summed E-state index contributed by atoms with van der Waals surface area (Å²) >= 11 is 0. The fourth-order valence-corrected chi connectivity index (χ4v) is 3.99. The molecule has 1 saturated heterocycles. The smallest absolute Gasteiger partial charge is 0.229 e. The Morgan fingerprint density at radius 1 is 1.07 bits per heavy atom. The first kappa shape index (κ1) is 19.3. The van der Waals surface area contributed by atoms with E-state index in [9.17, 15) is 18.0 Å². The first-order valence-corrected chi connectivity index (χ1v) is 11.0. The highest BCUT2D eigenvalue weighted by Crippen LogP contribution is 2.36. The molecule has 0 spiro atoms. The number of nitrogens with zero attached hydrogens (tertiary/aromatic N) is 1. The van der Waals surface area contributed by atoms with Gasteiger partial charge < -0.3 is 19.7 Å². The van der Waals surface area contributed by atoms with E-state index in [-0.39, 0.29) is 29.7 Å². The molecule has 1 atom stereocenters. The van der Waals surface area contributed by atoms with E-state index in [1.807, 2.05) is 0 Å². The number of sulfone groups is 1. The van der Waals surface area contributed by atoms with Gasteiger partial charge in [0.1, 0.15) is 13.2 Å². The van der Waals surface area contributed by atoms with E-state index in [1.54, 1.807) is 23.1 Å². The van der Waals surface area contributed by atoms with Crippen LogP contribution in [0.2, 0.25) is 0 Å². The molecule has 2 aromatic carbocycles. The third-order valence-corrected chi connectivity index (χ3v) is 6.01. The Morgan fingerprint density at radius 3 is 2.45 bits per heavy atom. The largest absolute Gasteiger partial charge is 0.486 e. The second-order valence-corrected chi connectivity index (χ2v) is 9.03. The van der Waals surface area contributed by atoms with Crippen molar-refractivity contribution in [1.82, 2.24) is 0 Å². The van der Waals surface area contributed by atoms with Crippen LogP contribution >= 0.6 is 0 Å². The Bertz CT molecular complexity index is 1060. The molecule has 2 heterocycles. The monoisotopic (exact) mass is 416 g/mol. The Morgan fingerprint density at radius 2 is 1.76 bits per heavy atom. The van der Waals surface area contributed by atoms with Crippen LogP contribution in [0.15, 0.2) is 47.4 Å². The van der Waals surface area contributed by atoms with Crippen molar-refractivity contribution in [2.75, 3.05) is 36.2 Å². The Balaban J connectivity index is 1.44. The fraction of sp³-hybridized carbons (Fsp3) is 0.300. The summed E-state index contributed by atoms with van der Waals surface area (Å²) in [6.07, 6.45) is 1.22. The number of nitrogens with one attached hydrogen (secondary N) is 1. The van der Waals surface area contributed by atoms with Crippen LogP contribution in [0, 0.1) is 5.92 Å². The van der Waals surface area contributed by atoms with Crippen molar-refractivity contribution < 1.29 is 27.5 Å². The normalized spacial score (nSPS) is 18.6. The summed E-state index contributed by atoms with van der Waals surface area (Å²) in [6.45, 7) is 1.20. The number of benzene rings is 2.